The van der Waals surface area contributed by atoms with Crippen LogP contribution in [0.1, 0.15) is 17.5 Å². The largest absolute Gasteiger partial charge is 0.489 e. The Hall–Kier alpha value is -2.76. The second-order valence-electron chi connectivity index (χ2n) is 6.19. The van der Waals surface area contributed by atoms with Crippen LogP contribution in [-0.4, -0.2) is 17.9 Å². The molecule has 0 aromatic heterocycles. The first-order valence-electron chi connectivity index (χ1n) is 9.16. The Bertz CT molecular complexity index is 929. The highest BCUT2D eigenvalue weighted by Gasteiger charge is 2.01. The van der Waals surface area contributed by atoms with Gasteiger partial charge in [-0.05, 0) is 59.7 Å². The van der Waals surface area contributed by atoms with Gasteiger partial charge in [-0.15, -0.1) is 11.8 Å². The lowest BCUT2D eigenvalue weighted by Gasteiger charge is -2.06. The van der Waals surface area contributed by atoms with Gasteiger partial charge in [0.15, 0.2) is 0 Å². The summed E-state index contributed by atoms with van der Waals surface area (Å²) in [4.78, 5) is 13.0. The number of hydrazone groups is 1. The van der Waals surface area contributed by atoms with Gasteiger partial charge in [0.2, 0.25) is 5.91 Å². The van der Waals surface area contributed by atoms with Crippen LogP contribution in [0, 0.1) is 0 Å². The maximum Gasteiger partial charge on any atom is 0.240 e. The Morgan fingerprint density at radius 3 is 2.45 bits per heavy atom. The molecule has 29 heavy (non-hydrogen) atoms. The van der Waals surface area contributed by atoms with Gasteiger partial charge >= 0.3 is 0 Å². The number of benzene rings is 3. The van der Waals surface area contributed by atoms with Crippen molar-refractivity contribution in [3.63, 3.8) is 0 Å². The van der Waals surface area contributed by atoms with Gasteiger partial charge < -0.3 is 4.74 Å². The number of hydrogen-bond donors (Lipinski definition) is 1. The minimum Gasteiger partial charge on any atom is -0.489 e. The van der Waals surface area contributed by atoms with E-state index in [1.807, 2.05) is 78.9 Å². The fourth-order valence-corrected chi connectivity index (χ4v) is 3.40. The van der Waals surface area contributed by atoms with Crippen LogP contribution in [0.3, 0.4) is 0 Å². The molecule has 3 rings (SSSR count). The predicted octanol–water partition coefficient (Wildman–Crippen LogP) is 5.55. The van der Waals surface area contributed by atoms with Crippen molar-refractivity contribution in [1.29, 1.82) is 0 Å². The number of rotatable bonds is 9. The molecule has 6 heteroatoms. The lowest BCUT2D eigenvalue weighted by atomic mass is 10.2. The molecule has 4 nitrogen and oxygen atoms in total. The lowest BCUT2D eigenvalue weighted by Crippen LogP contribution is -2.17. The second-order valence-corrected chi connectivity index (χ2v) is 7.79. The van der Waals surface area contributed by atoms with E-state index in [9.17, 15) is 4.79 Å². The summed E-state index contributed by atoms with van der Waals surface area (Å²) in [6.45, 7) is 0.526. The van der Waals surface area contributed by atoms with Gasteiger partial charge in [0.25, 0.3) is 0 Å². The molecule has 0 bridgehead atoms. The summed E-state index contributed by atoms with van der Waals surface area (Å²) < 4.78 is 5.75. The zero-order valence-corrected chi connectivity index (χ0v) is 17.3. The summed E-state index contributed by atoms with van der Waals surface area (Å²) in [5, 5.41) is 4.72. The summed E-state index contributed by atoms with van der Waals surface area (Å²) in [5.41, 5.74) is 4.56. The third-order valence-electron chi connectivity index (χ3n) is 3.94. The van der Waals surface area contributed by atoms with E-state index in [1.54, 1.807) is 18.0 Å². The van der Waals surface area contributed by atoms with Crippen LogP contribution in [0.4, 0.5) is 0 Å². The van der Waals surface area contributed by atoms with E-state index in [0.717, 1.165) is 21.8 Å². The van der Waals surface area contributed by atoms with Gasteiger partial charge in [-0.1, -0.05) is 41.9 Å². The number of nitrogens with one attached hydrogen (secondary N) is 1. The van der Waals surface area contributed by atoms with E-state index in [-0.39, 0.29) is 5.91 Å². The smallest absolute Gasteiger partial charge is 0.240 e. The van der Waals surface area contributed by atoms with Gasteiger partial charge in [-0.25, -0.2) is 5.43 Å². The second kappa shape index (κ2) is 11.3. The average Bonchev–Trinajstić information content (AvgIpc) is 2.75. The topological polar surface area (TPSA) is 50.7 Å². The van der Waals surface area contributed by atoms with E-state index in [1.165, 1.54) is 0 Å². The van der Waals surface area contributed by atoms with Crippen molar-refractivity contribution in [1.82, 2.24) is 5.43 Å². The van der Waals surface area contributed by atoms with Crippen LogP contribution >= 0.6 is 23.4 Å². The molecule has 0 radical (unpaired) electrons. The number of thioether (sulfide) groups is 1. The molecule has 1 N–H and O–H groups in total. The van der Waals surface area contributed by atoms with Crippen LogP contribution < -0.4 is 10.2 Å². The number of carbonyl (C=O) groups excluding carboxylic acids is 1. The minimum absolute atomic E-state index is 0.120. The van der Waals surface area contributed by atoms with Crippen LogP contribution in [0.2, 0.25) is 5.02 Å². The summed E-state index contributed by atoms with van der Waals surface area (Å²) in [7, 11) is 0. The Morgan fingerprint density at radius 2 is 1.72 bits per heavy atom. The Morgan fingerprint density at radius 1 is 1.00 bits per heavy atom. The molecule has 148 valence electrons. The maximum absolute atomic E-state index is 11.9. The molecule has 0 unspecified atom stereocenters. The van der Waals surface area contributed by atoms with Crippen molar-refractivity contribution < 1.29 is 9.53 Å². The Balaban J connectivity index is 1.37. The van der Waals surface area contributed by atoms with Gasteiger partial charge in [0.05, 0.1) is 6.21 Å². The van der Waals surface area contributed by atoms with Crippen molar-refractivity contribution >= 4 is 35.5 Å². The van der Waals surface area contributed by atoms with Crippen molar-refractivity contribution in [3.8, 4) is 5.75 Å². The minimum atomic E-state index is -0.120. The van der Waals surface area contributed by atoms with Crippen molar-refractivity contribution in [2.24, 2.45) is 5.10 Å². The molecule has 0 fully saturated rings. The molecule has 3 aromatic rings. The van der Waals surface area contributed by atoms with E-state index < -0.39 is 0 Å². The molecular formula is C23H21ClN2O2S. The molecule has 0 atom stereocenters. The van der Waals surface area contributed by atoms with Crippen LogP contribution in [0.25, 0.3) is 0 Å². The standard InChI is InChI=1S/C23H21ClN2O2S/c24-20-8-12-22(13-9-20)29-15-14-23(27)26-25-16-18-6-10-21(11-7-18)28-17-19-4-2-1-3-5-19/h1-13,16H,14-15,17H2,(H,26,27)/b25-16-. The van der Waals surface area contributed by atoms with Crippen molar-refractivity contribution in [2.75, 3.05) is 5.75 Å². The fourth-order valence-electron chi connectivity index (χ4n) is 2.42. The molecule has 0 aliphatic carbocycles. The third kappa shape index (κ3) is 7.64. The van der Waals surface area contributed by atoms with Crippen LogP contribution in [-0.2, 0) is 11.4 Å². The molecular weight excluding hydrogens is 404 g/mol. The Kier molecular flexibility index (Phi) is 8.16. The highest BCUT2D eigenvalue weighted by molar-refractivity contribution is 7.99. The molecule has 0 saturated heterocycles. The van der Waals surface area contributed by atoms with Gasteiger partial charge in [-0.3, -0.25) is 4.79 Å². The number of carbonyl (C=O) groups is 1. The SMILES string of the molecule is O=C(CCSc1ccc(Cl)cc1)N/N=C\c1ccc(OCc2ccccc2)cc1. The fraction of sp³-hybridized carbons (Fsp3) is 0.130. The van der Waals surface area contributed by atoms with Crippen LogP contribution in [0.15, 0.2) is 88.9 Å². The lowest BCUT2D eigenvalue weighted by molar-refractivity contribution is -0.120. The summed E-state index contributed by atoms with van der Waals surface area (Å²) >= 11 is 7.46. The summed E-state index contributed by atoms with van der Waals surface area (Å²) in [6, 6.07) is 25.1. The monoisotopic (exact) mass is 424 g/mol. The number of amides is 1. The number of hydrogen-bond acceptors (Lipinski definition) is 4. The quantitative estimate of drug-likeness (QED) is 0.278. The number of halogens is 1. The first-order valence-corrected chi connectivity index (χ1v) is 10.5. The van der Waals surface area contributed by atoms with E-state index in [2.05, 4.69) is 10.5 Å². The molecule has 0 aliphatic heterocycles. The number of ether oxygens (including phenoxy) is 1. The summed E-state index contributed by atoms with van der Waals surface area (Å²) in [6.07, 6.45) is 2.00. The molecule has 0 aliphatic rings. The molecule has 0 saturated carbocycles. The van der Waals surface area contributed by atoms with E-state index in [0.29, 0.717) is 23.8 Å². The first-order chi connectivity index (χ1) is 14.2. The van der Waals surface area contributed by atoms with Crippen molar-refractivity contribution in [2.45, 2.75) is 17.9 Å². The van der Waals surface area contributed by atoms with E-state index >= 15 is 0 Å². The molecule has 0 spiro atoms. The van der Waals surface area contributed by atoms with Crippen LogP contribution in [0.5, 0.6) is 5.75 Å². The number of nitrogens with zero attached hydrogens (tertiary/aromatic N) is 1. The summed E-state index contributed by atoms with van der Waals surface area (Å²) in [5.74, 6) is 1.34. The third-order valence-corrected chi connectivity index (χ3v) is 5.21. The highest BCUT2D eigenvalue weighted by Crippen LogP contribution is 2.20. The first kappa shape index (κ1) is 21.0. The molecule has 0 heterocycles. The van der Waals surface area contributed by atoms with Gasteiger partial charge in [0.1, 0.15) is 12.4 Å². The molecule has 3 aromatic carbocycles. The zero-order chi connectivity index (χ0) is 20.3. The normalized spacial score (nSPS) is 10.8. The van der Waals surface area contributed by atoms with E-state index in [4.69, 9.17) is 16.3 Å². The highest BCUT2D eigenvalue weighted by atomic mass is 35.5. The van der Waals surface area contributed by atoms with Gasteiger partial charge in [-0.2, -0.15) is 5.10 Å². The Labute approximate surface area is 179 Å². The average molecular weight is 425 g/mol. The zero-order valence-electron chi connectivity index (χ0n) is 15.8. The van der Waals surface area contributed by atoms with Crippen molar-refractivity contribution in [3.05, 3.63) is 95.0 Å². The van der Waals surface area contributed by atoms with Gasteiger partial charge in [0, 0.05) is 22.1 Å². The maximum atomic E-state index is 11.9. The predicted molar refractivity (Wildman–Crippen MR) is 120 cm³/mol. The molecule has 1 amide bonds.